The number of aromatic nitrogens is 1. The van der Waals surface area contributed by atoms with Gasteiger partial charge in [0.1, 0.15) is 5.82 Å². The molecule has 19 heavy (non-hydrogen) atoms. The van der Waals surface area contributed by atoms with Gasteiger partial charge in [0.25, 0.3) is 0 Å². The average molecular weight is 259 g/mol. The monoisotopic (exact) mass is 259 g/mol. The molecule has 4 heteroatoms. The standard InChI is InChI=1S/C15H21N3O/c1-18(2)14-9-8-12(10-16-14)11-17-15(19)13-6-4-3-5-7-13/h3-4,8-10,13H,5-7,11H2,1-2H3,(H,17,19)/t13-/m0/s1. The van der Waals surface area contributed by atoms with Crippen LogP contribution in [0, 0.1) is 5.92 Å². The maximum atomic E-state index is 12.0. The van der Waals surface area contributed by atoms with Crippen LogP contribution in [-0.4, -0.2) is 25.0 Å². The van der Waals surface area contributed by atoms with Crippen molar-refractivity contribution in [2.75, 3.05) is 19.0 Å². The van der Waals surface area contributed by atoms with Gasteiger partial charge in [0, 0.05) is 32.8 Å². The van der Waals surface area contributed by atoms with E-state index in [-0.39, 0.29) is 11.8 Å². The third kappa shape index (κ3) is 3.81. The lowest BCUT2D eigenvalue weighted by Crippen LogP contribution is -2.30. The van der Waals surface area contributed by atoms with Crippen molar-refractivity contribution in [3.63, 3.8) is 0 Å². The molecule has 0 saturated carbocycles. The molecule has 102 valence electrons. The summed E-state index contributed by atoms with van der Waals surface area (Å²) in [4.78, 5) is 18.3. The first-order valence-corrected chi connectivity index (χ1v) is 6.72. The van der Waals surface area contributed by atoms with E-state index in [2.05, 4.69) is 22.5 Å². The van der Waals surface area contributed by atoms with Crippen molar-refractivity contribution >= 4 is 11.7 Å². The largest absolute Gasteiger partial charge is 0.363 e. The van der Waals surface area contributed by atoms with Gasteiger partial charge in [-0.2, -0.15) is 0 Å². The summed E-state index contributed by atoms with van der Waals surface area (Å²) in [5, 5.41) is 2.99. The van der Waals surface area contributed by atoms with Gasteiger partial charge in [-0.15, -0.1) is 0 Å². The SMILES string of the molecule is CN(C)c1ccc(CNC(=O)[C@H]2CC=CCC2)cn1. The van der Waals surface area contributed by atoms with E-state index in [4.69, 9.17) is 0 Å². The van der Waals surface area contributed by atoms with Gasteiger partial charge in [-0.3, -0.25) is 4.79 Å². The molecule has 0 unspecified atom stereocenters. The van der Waals surface area contributed by atoms with Crippen molar-refractivity contribution in [1.29, 1.82) is 0 Å². The second kappa shape index (κ2) is 6.36. The van der Waals surface area contributed by atoms with E-state index in [1.807, 2.05) is 37.3 Å². The van der Waals surface area contributed by atoms with Crippen molar-refractivity contribution in [2.45, 2.75) is 25.8 Å². The van der Waals surface area contributed by atoms with E-state index >= 15 is 0 Å². The highest BCUT2D eigenvalue weighted by atomic mass is 16.1. The van der Waals surface area contributed by atoms with Crippen LogP contribution >= 0.6 is 0 Å². The second-order valence-electron chi connectivity index (χ2n) is 5.12. The number of nitrogens with zero attached hydrogens (tertiary/aromatic N) is 2. The van der Waals surface area contributed by atoms with Crippen molar-refractivity contribution in [1.82, 2.24) is 10.3 Å². The van der Waals surface area contributed by atoms with Crippen molar-refractivity contribution in [3.05, 3.63) is 36.0 Å². The molecule has 0 aromatic carbocycles. The predicted octanol–water partition coefficient (Wildman–Crippen LogP) is 2.12. The summed E-state index contributed by atoms with van der Waals surface area (Å²) in [6.07, 6.45) is 8.90. The van der Waals surface area contributed by atoms with Crippen LogP contribution in [0.2, 0.25) is 0 Å². The first-order chi connectivity index (χ1) is 9.16. The van der Waals surface area contributed by atoms with E-state index in [1.54, 1.807) is 0 Å². The highest BCUT2D eigenvalue weighted by molar-refractivity contribution is 5.78. The number of carbonyl (C=O) groups excluding carboxylic acids is 1. The number of anilines is 1. The highest BCUT2D eigenvalue weighted by Crippen LogP contribution is 2.18. The first kappa shape index (κ1) is 13.6. The van der Waals surface area contributed by atoms with Crippen LogP contribution in [0.3, 0.4) is 0 Å². The Hall–Kier alpha value is -1.84. The van der Waals surface area contributed by atoms with Gasteiger partial charge < -0.3 is 10.2 Å². The molecule has 0 fully saturated rings. The molecule has 1 aliphatic carbocycles. The van der Waals surface area contributed by atoms with Crippen molar-refractivity contribution < 1.29 is 4.79 Å². The summed E-state index contributed by atoms with van der Waals surface area (Å²) in [7, 11) is 3.92. The van der Waals surface area contributed by atoms with Gasteiger partial charge in [-0.25, -0.2) is 4.98 Å². The van der Waals surface area contributed by atoms with E-state index in [1.165, 1.54) is 0 Å². The third-order valence-corrected chi connectivity index (χ3v) is 3.37. The van der Waals surface area contributed by atoms with Crippen LogP contribution in [-0.2, 0) is 11.3 Å². The van der Waals surface area contributed by atoms with Gasteiger partial charge in [0.2, 0.25) is 5.91 Å². The number of hydrogen-bond donors (Lipinski definition) is 1. The summed E-state index contributed by atoms with van der Waals surface area (Å²) < 4.78 is 0. The Kier molecular flexibility index (Phi) is 4.55. The molecule has 0 bridgehead atoms. The topological polar surface area (TPSA) is 45.2 Å². The maximum Gasteiger partial charge on any atom is 0.223 e. The molecule has 0 radical (unpaired) electrons. The number of rotatable bonds is 4. The number of hydrogen-bond acceptors (Lipinski definition) is 3. The zero-order valence-corrected chi connectivity index (χ0v) is 11.6. The first-order valence-electron chi connectivity index (χ1n) is 6.72. The molecule has 0 aliphatic heterocycles. The normalized spacial score (nSPS) is 18.1. The smallest absolute Gasteiger partial charge is 0.223 e. The summed E-state index contributed by atoms with van der Waals surface area (Å²) >= 11 is 0. The predicted molar refractivity (Wildman–Crippen MR) is 76.9 cm³/mol. The molecule has 1 heterocycles. The lowest BCUT2D eigenvalue weighted by atomic mass is 9.93. The molecule has 1 aliphatic rings. The van der Waals surface area contributed by atoms with E-state index in [0.29, 0.717) is 6.54 Å². The fraction of sp³-hybridized carbons (Fsp3) is 0.467. The average Bonchev–Trinajstić information content (AvgIpc) is 2.46. The number of carbonyl (C=O) groups is 1. The zero-order valence-electron chi connectivity index (χ0n) is 11.6. The Morgan fingerprint density at radius 3 is 2.84 bits per heavy atom. The molecular weight excluding hydrogens is 238 g/mol. The minimum absolute atomic E-state index is 0.138. The second-order valence-corrected chi connectivity index (χ2v) is 5.12. The molecule has 1 aromatic rings. The molecule has 2 rings (SSSR count). The van der Waals surface area contributed by atoms with Gasteiger partial charge in [-0.1, -0.05) is 18.2 Å². The van der Waals surface area contributed by atoms with Crippen LogP contribution in [0.4, 0.5) is 5.82 Å². The Balaban J connectivity index is 1.84. The van der Waals surface area contributed by atoms with Gasteiger partial charge >= 0.3 is 0 Å². The molecule has 1 atom stereocenters. The lowest BCUT2D eigenvalue weighted by Gasteiger charge is -2.17. The van der Waals surface area contributed by atoms with E-state index in [0.717, 1.165) is 30.6 Å². The Morgan fingerprint density at radius 2 is 2.26 bits per heavy atom. The van der Waals surface area contributed by atoms with Crippen molar-refractivity contribution in [2.24, 2.45) is 5.92 Å². The van der Waals surface area contributed by atoms with E-state index < -0.39 is 0 Å². The molecule has 1 aromatic heterocycles. The molecule has 1 amide bonds. The number of amides is 1. The van der Waals surface area contributed by atoms with Gasteiger partial charge in [-0.05, 0) is 30.9 Å². The van der Waals surface area contributed by atoms with Crippen LogP contribution in [0.15, 0.2) is 30.5 Å². The van der Waals surface area contributed by atoms with Crippen LogP contribution in [0.25, 0.3) is 0 Å². The van der Waals surface area contributed by atoms with Crippen LogP contribution in [0.5, 0.6) is 0 Å². The summed E-state index contributed by atoms with van der Waals surface area (Å²) in [6, 6.07) is 3.97. The highest BCUT2D eigenvalue weighted by Gasteiger charge is 2.17. The molecule has 0 spiro atoms. The minimum atomic E-state index is 0.138. The molecule has 4 nitrogen and oxygen atoms in total. The zero-order chi connectivity index (χ0) is 13.7. The fourth-order valence-electron chi connectivity index (χ4n) is 2.15. The summed E-state index contributed by atoms with van der Waals surface area (Å²) in [5.41, 5.74) is 1.03. The van der Waals surface area contributed by atoms with Gasteiger partial charge in [0.05, 0.1) is 0 Å². The Labute approximate surface area is 114 Å². The lowest BCUT2D eigenvalue weighted by molar-refractivity contribution is -0.125. The molecule has 1 N–H and O–H groups in total. The van der Waals surface area contributed by atoms with E-state index in [9.17, 15) is 4.79 Å². The number of pyridine rings is 1. The minimum Gasteiger partial charge on any atom is -0.363 e. The van der Waals surface area contributed by atoms with Crippen LogP contribution in [0.1, 0.15) is 24.8 Å². The fourth-order valence-corrected chi connectivity index (χ4v) is 2.15. The maximum absolute atomic E-state index is 12.0. The van der Waals surface area contributed by atoms with Crippen LogP contribution < -0.4 is 10.2 Å². The molecular formula is C15H21N3O. The summed E-state index contributed by atoms with van der Waals surface area (Å²) in [6.45, 7) is 0.555. The third-order valence-electron chi connectivity index (χ3n) is 3.37. The Morgan fingerprint density at radius 1 is 1.42 bits per heavy atom. The Bertz CT molecular complexity index is 451. The summed E-state index contributed by atoms with van der Waals surface area (Å²) in [5.74, 6) is 1.22. The number of allylic oxidation sites excluding steroid dienone is 2. The van der Waals surface area contributed by atoms with Crippen molar-refractivity contribution in [3.8, 4) is 0 Å². The quantitative estimate of drug-likeness (QED) is 0.842. The molecule has 0 saturated heterocycles. The van der Waals surface area contributed by atoms with Gasteiger partial charge in [0.15, 0.2) is 0 Å². The number of nitrogens with one attached hydrogen (secondary N) is 1.